The molecule has 0 nitrogen and oxygen atoms in total. The van der Waals surface area contributed by atoms with Gasteiger partial charge >= 0.3 is 0 Å². The van der Waals surface area contributed by atoms with E-state index in [2.05, 4.69) is 104 Å². The summed E-state index contributed by atoms with van der Waals surface area (Å²) in [6.45, 7) is 2.33. The van der Waals surface area contributed by atoms with Gasteiger partial charge in [-0.3, -0.25) is 0 Å². The number of hydrogen-bond donors (Lipinski definition) is 0. The van der Waals surface area contributed by atoms with Crippen molar-refractivity contribution in [3.8, 4) is 0 Å². The van der Waals surface area contributed by atoms with Crippen molar-refractivity contribution >= 4 is 146 Å². The third-order valence-corrected chi connectivity index (χ3v) is 17.9. The van der Waals surface area contributed by atoms with E-state index in [-0.39, 0.29) is 11.3 Å². The minimum Gasteiger partial charge on any atom is -0.0707 e. The summed E-state index contributed by atoms with van der Waals surface area (Å²) in [6.07, 6.45) is 3.94. The first-order chi connectivity index (χ1) is 27.8. The van der Waals surface area contributed by atoms with Crippen molar-refractivity contribution in [3.63, 3.8) is 0 Å². The second-order valence-electron chi connectivity index (χ2n) is 19.0. The van der Waals surface area contributed by atoms with Crippen LogP contribution in [-0.4, -0.2) is 0 Å². The van der Waals surface area contributed by atoms with E-state index in [0.29, 0.717) is 11.8 Å². The second-order valence-corrected chi connectivity index (χ2v) is 19.0. The van der Waals surface area contributed by atoms with Crippen LogP contribution < -0.4 is 5.22 Å². The highest BCUT2D eigenvalue weighted by atomic mass is 14.7. The van der Waals surface area contributed by atoms with E-state index in [1.165, 1.54) is 64.6 Å². The van der Waals surface area contributed by atoms with Gasteiger partial charge in [0.15, 0.2) is 0 Å². The molecule has 0 N–H and O–H groups in total. The van der Waals surface area contributed by atoms with E-state index in [1.54, 1.807) is 120 Å². The molecule has 0 amide bonds. The minimum atomic E-state index is -0.177. The summed E-state index contributed by atoms with van der Waals surface area (Å²) in [5.74, 6) is 0.888. The van der Waals surface area contributed by atoms with Crippen molar-refractivity contribution in [2.75, 3.05) is 0 Å². The zero-order valence-corrected chi connectivity index (χ0v) is 30.2. The van der Waals surface area contributed by atoms with E-state index in [9.17, 15) is 0 Å². The van der Waals surface area contributed by atoms with Crippen molar-refractivity contribution in [1.82, 2.24) is 0 Å². The van der Waals surface area contributed by atoms with Crippen LogP contribution in [0.2, 0.25) is 0 Å². The largest absolute Gasteiger partial charge is 0.0707 e. The zero-order valence-electron chi connectivity index (χ0n) is 30.2. The highest BCUT2D eigenvalue weighted by molar-refractivity contribution is 6.67. The van der Waals surface area contributed by atoms with Crippen molar-refractivity contribution in [1.29, 1.82) is 0 Å². The zero-order chi connectivity index (χ0) is 34.9. The Balaban J connectivity index is 1.20. The Morgan fingerprint density at radius 2 is 0.893 bits per heavy atom. The maximum atomic E-state index is 2.87. The average Bonchev–Trinajstić information content (AvgIpc) is 4.06. The van der Waals surface area contributed by atoms with E-state index < -0.39 is 0 Å². The molecule has 5 aliphatic rings. The number of rotatable bonds is 1. The number of aryl methyl sites for hydroxylation is 1. The molecule has 4 atom stereocenters. The summed E-state index contributed by atoms with van der Waals surface area (Å²) >= 11 is 0. The Bertz CT molecular complexity index is 4610. The highest BCUT2D eigenvalue weighted by Gasteiger charge is 2.64. The molecule has 1 spiro atoms. The lowest BCUT2D eigenvalue weighted by Crippen LogP contribution is -2.53. The van der Waals surface area contributed by atoms with Gasteiger partial charge in [0, 0.05) is 23.2 Å². The van der Waals surface area contributed by atoms with Crippen molar-refractivity contribution in [3.05, 3.63) is 135 Å². The van der Waals surface area contributed by atoms with Crippen LogP contribution in [0.3, 0.4) is 0 Å². The molecule has 0 saturated carbocycles. The Kier molecular flexibility index (Phi) is 2.98. The first-order valence-corrected chi connectivity index (χ1v) is 21.0. The molecule has 0 radical (unpaired) electrons. The highest BCUT2D eigenvalue weighted by Crippen LogP contribution is 2.76. The van der Waals surface area contributed by atoms with Crippen LogP contribution in [0.15, 0.2) is 91.0 Å². The van der Waals surface area contributed by atoms with Gasteiger partial charge in [-0.15, -0.1) is 0 Å². The molecule has 0 aliphatic heterocycles. The van der Waals surface area contributed by atoms with Gasteiger partial charge in [-0.05, 0) is 191 Å². The molecule has 4 unspecified atom stereocenters. The second kappa shape index (κ2) is 6.73. The summed E-state index contributed by atoms with van der Waals surface area (Å²) in [4.78, 5) is 0. The molecular weight excluding hydrogens is 673 g/mol. The lowest BCUT2D eigenvalue weighted by Gasteiger charge is -2.58. The van der Waals surface area contributed by atoms with Crippen LogP contribution in [0, 0.1) is 5.92 Å². The summed E-state index contributed by atoms with van der Waals surface area (Å²) in [5.41, 5.74) is 10.9. The van der Waals surface area contributed by atoms with Crippen molar-refractivity contribution in [2.24, 2.45) is 5.92 Å². The quantitative estimate of drug-likeness (QED) is 0.150. The van der Waals surface area contributed by atoms with E-state index in [0.717, 1.165) is 6.42 Å². The molecule has 16 aromatic carbocycles. The molecule has 5 aliphatic carbocycles. The topological polar surface area (TPSA) is 0 Å². The Morgan fingerprint density at radius 1 is 0.411 bits per heavy atom. The van der Waals surface area contributed by atoms with Crippen LogP contribution >= 0.6 is 0 Å². The fourth-order valence-corrected chi connectivity index (χ4v) is 16.7. The van der Waals surface area contributed by atoms with Crippen LogP contribution in [0.5, 0.6) is 0 Å². The minimum absolute atomic E-state index is 0.177. The predicted octanol–water partition coefficient (Wildman–Crippen LogP) is 13.6. The van der Waals surface area contributed by atoms with Gasteiger partial charge in [0.1, 0.15) is 0 Å². The first-order valence-electron chi connectivity index (χ1n) is 21.0. The van der Waals surface area contributed by atoms with Gasteiger partial charge in [-0.25, -0.2) is 0 Å². The van der Waals surface area contributed by atoms with E-state index in [4.69, 9.17) is 0 Å². The van der Waals surface area contributed by atoms with Gasteiger partial charge in [0.2, 0.25) is 0 Å². The smallest absolute Gasteiger partial charge is 0.0403 e. The van der Waals surface area contributed by atoms with Crippen LogP contribution in [0.25, 0.3) is 146 Å². The van der Waals surface area contributed by atoms with Gasteiger partial charge in [-0.1, -0.05) is 104 Å². The lowest BCUT2D eigenvalue weighted by molar-refractivity contribution is 0.286. The lowest BCUT2D eigenvalue weighted by atomic mass is 9.43. The Morgan fingerprint density at radius 3 is 1.52 bits per heavy atom. The summed E-state index contributed by atoms with van der Waals surface area (Å²) in [5, 5.41) is 41.7. The van der Waals surface area contributed by atoms with Crippen LogP contribution in [0.4, 0.5) is 0 Å². The number of benzene rings is 11. The molecule has 248 valence electrons. The maximum absolute atomic E-state index is 2.87. The molecular formula is C56H24. The average molecular weight is 697 g/mol. The molecule has 21 rings (SSSR count). The molecule has 0 fully saturated rings. The van der Waals surface area contributed by atoms with Crippen LogP contribution in [0.1, 0.15) is 57.7 Å². The Hall–Kier alpha value is -6.50. The molecule has 2 bridgehead atoms. The van der Waals surface area contributed by atoms with Gasteiger partial charge in [-0.2, -0.15) is 0 Å². The predicted molar refractivity (Wildman–Crippen MR) is 236 cm³/mol. The molecule has 56 heavy (non-hydrogen) atoms. The normalized spacial score (nSPS) is 22.8. The van der Waals surface area contributed by atoms with Crippen molar-refractivity contribution < 1.29 is 0 Å². The third kappa shape index (κ3) is 1.79. The molecule has 0 heterocycles. The summed E-state index contributed by atoms with van der Waals surface area (Å²) in [7, 11) is 0. The van der Waals surface area contributed by atoms with Gasteiger partial charge < -0.3 is 0 Å². The maximum Gasteiger partial charge on any atom is 0.0403 e. The third-order valence-electron chi connectivity index (χ3n) is 17.9. The molecule has 0 saturated heterocycles. The number of fused-ring (bicyclic) bond motifs is 4. The summed E-state index contributed by atoms with van der Waals surface area (Å²) in [6, 6.07) is 37.6. The fourth-order valence-electron chi connectivity index (χ4n) is 16.7. The van der Waals surface area contributed by atoms with Crippen molar-refractivity contribution in [2.45, 2.75) is 30.6 Å². The van der Waals surface area contributed by atoms with Crippen LogP contribution in [-0.2, 0) is 11.8 Å². The van der Waals surface area contributed by atoms with Gasteiger partial charge in [0.25, 0.3) is 0 Å². The molecule has 0 aromatic heterocycles. The number of hydrogen-bond acceptors (Lipinski definition) is 0. The monoisotopic (exact) mass is 696 g/mol. The molecule has 16 aromatic rings. The molecule has 0 heteroatoms. The van der Waals surface area contributed by atoms with Gasteiger partial charge in [0.05, 0.1) is 0 Å². The summed E-state index contributed by atoms with van der Waals surface area (Å²) < 4.78 is 0. The first kappa shape index (κ1) is 24.8. The van der Waals surface area contributed by atoms with E-state index in [1.807, 2.05) is 0 Å². The SMILES string of the molecule is CCc1ccc2c(c1)C1c3ccccc3C2C23c4ccc5c6ccc7c8ccc9c%10ccc%11c(c%12c2c2c4c5c4c6c7c5c8c9c6c%10c%11c%12c7c2c4c5c67)=CC13. The fraction of sp³-hybridized carbons (Fsp3) is 0.107. The van der Waals surface area contributed by atoms with E-state index >= 15 is 0 Å². The Labute approximate surface area is 316 Å². The standard InChI is InChI=1S/C56H24/c1-2-19-7-8-29-30(17-19)34-20-5-3-4-6-28(20)54(29)56-32-16-15-26-25-12-11-22-21-9-10-23-24-13-14-27-31(18-33(34)56)42-47-40(27)39(24)45-36(23)35(21)44-37(22)38(25)46-41(26)43(32)53(55(42)56)52-50(46)48(44)49(45)51(47)52/h3-18,33-34,54H,2H2,1H3.